The van der Waals surface area contributed by atoms with Crippen molar-refractivity contribution in [1.82, 2.24) is 0 Å². The lowest BCUT2D eigenvalue weighted by atomic mass is 9.93. The first-order valence-electron chi connectivity index (χ1n) is 6.12. The van der Waals surface area contributed by atoms with Crippen molar-refractivity contribution in [3.63, 3.8) is 0 Å². The van der Waals surface area contributed by atoms with Crippen LogP contribution in [0.2, 0.25) is 0 Å². The molecule has 2 bridgehead atoms. The van der Waals surface area contributed by atoms with Crippen molar-refractivity contribution in [1.29, 1.82) is 0 Å². The molecule has 3 rings (SSSR count). The molecular formula is C13H14F2N2O. The monoisotopic (exact) mass is 252 g/mol. The molecule has 2 N–H and O–H groups in total. The number of oxime groups is 1. The molecule has 5 heteroatoms. The van der Waals surface area contributed by atoms with Crippen molar-refractivity contribution in [3.8, 4) is 0 Å². The maximum atomic E-state index is 13.6. The minimum Gasteiger partial charge on any atom is -0.411 e. The van der Waals surface area contributed by atoms with Crippen molar-refractivity contribution in [2.75, 3.05) is 5.32 Å². The summed E-state index contributed by atoms with van der Waals surface area (Å²) in [5.74, 6) is -0.525. The third-order valence-electron chi connectivity index (χ3n) is 4.04. The zero-order chi connectivity index (χ0) is 12.7. The number of benzene rings is 1. The van der Waals surface area contributed by atoms with Crippen LogP contribution >= 0.6 is 0 Å². The third kappa shape index (κ3) is 1.74. The maximum Gasteiger partial charge on any atom is 0.149 e. The first-order chi connectivity index (χ1) is 8.69. The molecule has 2 aliphatic rings. The van der Waals surface area contributed by atoms with Crippen molar-refractivity contribution in [2.45, 2.75) is 25.3 Å². The molecule has 0 unspecified atom stereocenters. The first-order valence-corrected chi connectivity index (χ1v) is 6.12. The van der Waals surface area contributed by atoms with Crippen LogP contribution in [0.3, 0.4) is 0 Å². The quantitative estimate of drug-likeness (QED) is 0.627. The molecule has 1 aromatic rings. The second-order valence-corrected chi connectivity index (χ2v) is 5.04. The summed E-state index contributed by atoms with van der Waals surface area (Å²) in [6.07, 6.45) is 3.08. The molecule has 18 heavy (non-hydrogen) atoms. The van der Waals surface area contributed by atoms with Gasteiger partial charge in [-0.25, -0.2) is 8.78 Å². The highest BCUT2D eigenvalue weighted by atomic mass is 19.1. The van der Waals surface area contributed by atoms with E-state index in [0.717, 1.165) is 25.3 Å². The normalized spacial score (nSPS) is 32.1. The molecule has 1 aromatic carbocycles. The predicted octanol–water partition coefficient (Wildman–Crippen LogP) is 3.01. The first kappa shape index (κ1) is 11.4. The second kappa shape index (κ2) is 4.23. The number of hydrogen-bond donors (Lipinski definition) is 2. The molecule has 0 radical (unpaired) electrons. The average molecular weight is 252 g/mol. The van der Waals surface area contributed by atoms with E-state index < -0.39 is 11.6 Å². The summed E-state index contributed by atoms with van der Waals surface area (Å²) in [4.78, 5) is 0. The molecular weight excluding hydrogens is 238 g/mol. The van der Waals surface area contributed by atoms with Crippen molar-refractivity contribution in [3.05, 3.63) is 29.8 Å². The lowest BCUT2D eigenvalue weighted by molar-refractivity contribution is 0.312. The van der Waals surface area contributed by atoms with E-state index in [4.69, 9.17) is 5.21 Å². The van der Waals surface area contributed by atoms with Crippen LogP contribution in [0.1, 0.15) is 19.3 Å². The highest BCUT2D eigenvalue weighted by molar-refractivity contribution is 5.96. The summed E-state index contributed by atoms with van der Waals surface area (Å²) in [5, 5.41) is 15.4. The molecule has 0 aliphatic heterocycles. The summed E-state index contributed by atoms with van der Waals surface area (Å²) in [5.41, 5.74) is 0.963. The van der Waals surface area contributed by atoms with E-state index in [1.54, 1.807) is 0 Å². The summed E-state index contributed by atoms with van der Waals surface area (Å²) < 4.78 is 26.4. The van der Waals surface area contributed by atoms with Crippen LogP contribution in [0.25, 0.3) is 0 Å². The van der Waals surface area contributed by atoms with Crippen LogP contribution in [-0.4, -0.2) is 17.0 Å². The van der Waals surface area contributed by atoms with Gasteiger partial charge >= 0.3 is 0 Å². The summed E-state index contributed by atoms with van der Waals surface area (Å²) in [7, 11) is 0. The molecule has 0 amide bonds. The van der Waals surface area contributed by atoms with Gasteiger partial charge in [0.1, 0.15) is 11.6 Å². The van der Waals surface area contributed by atoms with Crippen molar-refractivity contribution in [2.24, 2.45) is 17.0 Å². The Kier molecular flexibility index (Phi) is 2.69. The minimum absolute atomic E-state index is 0.131. The smallest absolute Gasteiger partial charge is 0.149 e. The van der Waals surface area contributed by atoms with E-state index in [9.17, 15) is 8.78 Å². The van der Waals surface area contributed by atoms with Crippen LogP contribution in [0.4, 0.5) is 14.5 Å². The average Bonchev–Trinajstić information content (AvgIpc) is 2.93. The third-order valence-corrected chi connectivity index (χ3v) is 4.04. The second-order valence-electron chi connectivity index (χ2n) is 5.04. The zero-order valence-electron chi connectivity index (χ0n) is 9.74. The number of nitrogens with one attached hydrogen (secondary N) is 1. The van der Waals surface area contributed by atoms with Gasteiger partial charge in [-0.3, -0.25) is 0 Å². The number of rotatable bonds is 2. The SMILES string of the molecule is O/N=C1\[C@H]2CC[C@H](C2)[C@@H]1Nc1ccc(F)cc1F. The van der Waals surface area contributed by atoms with Crippen LogP contribution in [0.5, 0.6) is 0 Å². The van der Waals surface area contributed by atoms with Crippen molar-refractivity contribution < 1.29 is 14.0 Å². The van der Waals surface area contributed by atoms with Gasteiger partial charge in [-0.15, -0.1) is 0 Å². The Balaban J connectivity index is 1.84. The molecule has 3 atom stereocenters. The number of hydrogen-bond acceptors (Lipinski definition) is 3. The van der Waals surface area contributed by atoms with E-state index in [1.165, 1.54) is 12.1 Å². The van der Waals surface area contributed by atoms with E-state index >= 15 is 0 Å². The predicted molar refractivity (Wildman–Crippen MR) is 63.8 cm³/mol. The van der Waals surface area contributed by atoms with Gasteiger partial charge in [0, 0.05) is 12.0 Å². The molecule has 2 aliphatic carbocycles. The van der Waals surface area contributed by atoms with Crippen LogP contribution < -0.4 is 5.32 Å². The van der Waals surface area contributed by atoms with Gasteiger partial charge in [0.2, 0.25) is 0 Å². The maximum absolute atomic E-state index is 13.6. The van der Waals surface area contributed by atoms with Crippen molar-refractivity contribution >= 4 is 11.4 Å². The molecule has 96 valence electrons. The van der Waals surface area contributed by atoms with Gasteiger partial charge in [-0.05, 0) is 37.3 Å². The van der Waals surface area contributed by atoms with Crippen LogP contribution in [-0.2, 0) is 0 Å². The topological polar surface area (TPSA) is 44.6 Å². The largest absolute Gasteiger partial charge is 0.411 e. The number of halogens is 2. The van der Waals surface area contributed by atoms with Gasteiger partial charge in [0.25, 0.3) is 0 Å². The molecule has 0 saturated heterocycles. The molecule has 2 saturated carbocycles. The van der Waals surface area contributed by atoms with Gasteiger partial charge in [0.05, 0.1) is 17.4 Å². The zero-order valence-corrected chi connectivity index (χ0v) is 9.74. The lowest BCUT2D eigenvalue weighted by Gasteiger charge is -2.25. The summed E-state index contributed by atoms with van der Waals surface area (Å²) in [6, 6.07) is 3.32. The van der Waals surface area contributed by atoms with Crippen LogP contribution in [0.15, 0.2) is 23.4 Å². The van der Waals surface area contributed by atoms with E-state index in [0.29, 0.717) is 17.5 Å². The van der Waals surface area contributed by atoms with Crippen LogP contribution in [0, 0.1) is 23.5 Å². The Morgan fingerprint density at radius 3 is 2.83 bits per heavy atom. The number of fused-ring (bicyclic) bond motifs is 2. The van der Waals surface area contributed by atoms with Gasteiger partial charge in [-0.1, -0.05) is 5.16 Å². The Bertz CT molecular complexity index is 504. The fourth-order valence-electron chi connectivity index (χ4n) is 3.19. The Morgan fingerprint density at radius 1 is 1.28 bits per heavy atom. The highest BCUT2D eigenvalue weighted by Gasteiger charge is 2.45. The molecule has 0 aromatic heterocycles. The standard InChI is InChI=1S/C13H14F2N2O/c14-9-3-4-11(10(15)6-9)16-12-7-1-2-8(5-7)13(12)17-18/h3-4,6-8,12,16,18H,1-2,5H2/b17-13+/t7-,8+,12+/m1/s1. The highest BCUT2D eigenvalue weighted by Crippen LogP contribution is 2.44. The fraction of sp³-hybridized carbons (Fsp3) is 0.462. The van der Waals surface area contributed by atoms with Gasteiger partial charge < -0.3 is 10.5 Å². The lowest BCUT2D eigenvalue weighted by Crippen LogP contribution is -2.35. The number of anilines is 1. The Hall–Kier alpha value is -1.65. The molecule has 0 spiro atoms. The fourth-order valence-corrected chi connectivity index (χ4v) is 3.19. The van der Waals surface area contributed by atoms with E-state index in [-0.39, 0.29) is 11.7 Å². The summed E-state index contributed by atoms with van der Waals surface area (Å²) >= 11 is 0. The van der Waals surface area contributed by atoms with E-state index in [1.807, 2.05) is 0 Å². The number of nitrogens with zero attached hydrogens (tertiary/aromatic N) is 1. The molecule has 0 heterocycles. The van der Waals surface area contributed by atoms with Gasteiger partial charge in [-0.2, -0.15) is 0 Å². The summed E-state index contributed by atoms with van der Waals surface area (Å²) in [6.45, 7) is 0. The van der Waals surface area contributed by atoms with Gasteiger partial charge in [0.15, 0.2) is 0 Å². The van der Waals surface area contributed by atoms with E-state index in [2.05, 4.69) is 10.5 Å². The minimum atomic E-state index is -0.616. The molecule has 2 fully saturated rings. The Morgan fingerprint density at radius 2 is 2.11 bits per heavy atom. The molecule has 3 nitrogen and oxygen atoms in total. The Labute approximate surface area is 103 Å².